The first-order chi connectivity index (χ1) is 9.63. The lowest BCUT2D eigenvalue weighted by atomic mass is 10.2. The van der Waals surface area contributed by atoms with Crippen LogP contribution in [0, 0.1) is 6.92 Å². The van der Waals surface area contributed by atoms with Crippen LogP contribution >= 0.6 is 11.7 Å². The van der Waals surface area contributed by atoms with E-state index < -0.39 is 0 Å². The fraction of sp³-hybridized carbons (Fsp3) is 0.231. The predicted molar refractivity (Wildman–Crippen MR) is 76.5 cm³/mol. The minimum atomic E-state index is -0.130. The molecule has 3 aromatic rings. The third-order valence-corrected chi connectivity index (χ3v) is 3.55. The molecule has 0 aliphatic carbocycles. The second-order valence-corrected chi connectivity index (χ2v) is 5.19. The van der Waals surface area contributed by atoms with Crippen molar-refractivity contribution in [2.45, 2.75) is 13.5 Å². The number of carbonyl (C=O) groups excluding carboxylic acids is 1. The number of fused-ring (bicyclic) bond motifs is 1. The molecule has 0 aliphatic heterocycles. The second kappa shape index (κ2) is 5.01. The van der Waals surface area contributed by atoms with Crippen LogP contribution in [0.5, 0.6) is 0 Å². The second-order valence-electron chi connectivity index (χ2n) is 4.66. The maximum Gasteiger partial charge on any atom is 0.289 e. The fourth-order valence-electron chi connectivity index (χ4n) is 1.97. The summed E-state index contributed by atoms with van der Waals surface area (Å²) in [4.78, 5) is 20.8. The zero-order valence-corrected chi connectivity index (χ0v) is 11.9. The van der Waals surface area contributed by atoms with Crippen LogP contribution in [0.2, 0.25) is 0 Å². The number of hydrogen-bond donors (Lipinski definition) is 1. The van der Waals surface area contributed by atoms with Gasteiger partial charge in [0.25, 0.3) is 5.91 Å². The van der Waals surface area contributed by atoms with E-state index in [9.17, 15) is 4.79 Å². The van der Waals surface area contributed by atoms with E-state index in [4.69, 9.17) is 0 Å². The van der Waals surface area contributed by atoms with Crippen molar-refractivity contribution in [3.63, 3.8) is 0 Å². The van der Waals surface area contributed by atoms with Gasteiger partial charge in [0.2, 0.25) is 0 Å². The van der Waals surface area contributed by atoms with Crippen LogP contribution in [0.4, 0.5) is 0 Å². The Morgan fingerprint density at radius 2 is 2.15 bits per heavy atom. The summed E-state index contributed by atoms with van der Waals surface area (Å²) in [6.07, 6.45) is 1.65. The Labute approximate surface area is 119 Å². The van der Waals surface area contributed by atoms with Gasteiger partial charge in [0.05, 0.1) is 11.7 Å². The van der Waals surface area contributed by atoms with Crippen molar-refractivity contribution in [3.8, 4) is 0 Å². The molecule has 0 aliphatic rings. The standard InChI is InChI=1S/C13H13N5OS/c1-8-6-14-12(15-8)13(19)18(2)7-9-3-4-10-11(5-9)17-20-16-10/h3-6H,7H2,1-2H3,(H,14,15). The molecule has 0 spiro atoms. The Morgan fingerprint density at radius 3 is 2.90 bits per heavy atom. The molecule has 20 heavy (non-hydrogen) atoms. The summed E-state index contributed by atoms with van der Waals surface area (Å²) in [6.45, 7) is 2.37. The molecule has 0 saturated heterocycles. The number of aromatic nitrogens is 4. The highest BCUT2D eigenvalue weighted by Crippen LogP contribution is 2.15. The third kappa shape index (κ3) is 2.39. The van der Waals surface area contributed by atoms with Crippen LogP contribution in [-0.4, -0.2) is 36.6 Å². The van der Waals surface area contributed by atoms with E-state index in [1.165, 1.54) is 11.7 Å². The van der Waals surface area contributed by atoms with E-state index in [0.29, 0.717) is 12.4 Å². The number of nitrogens with one attached hydrogen (secondary N) is 1. The molecule has 102 valence electrons. The molecule has 1 N–H and O–H groups in total. The first-order valence-corrected chi connectivity index (χ1v) is 6.85. The molecule has 6 nitrogen and oxygen atoms in total. The van der Waals surface area contributed by atoms with Gasteiger partial charge in [0.15, 0.2) is 5.82 Å². The van der Waals surface area contributed by atoms with Crippen molar-refractivity contribution in [3.05, 3.63) is 41.5 Å². The maximum absolute atomic E-state index is 12.2. The summed E-state index contributed by atoms with van der Waals surface area (Å²) in [6, 6.07) is 5.83. The highest BCUT2D eigenvalue weighted by atomic mass is 32.1. The first-order valence-electron chi connectivity index (χ1n) is 6.12. The van der Waals surface area contributed by atoms with Crippen LogP contribution in [0.25, 0.3) is 11.0 Å². The number of rotatable bonds is 3. The SMILES string of the molecule is Cc1cnc(C(=O)N(C)Cc2ccc3nsnc3c2)[nH]1. The van der Waals surface area contributed by atoms with E-state index in [2.05, 4.69) is 18.7 Å². The van der Waals surface area contributed by atoms with Gasteiger partial charge in [-0.3, -0.25) is 4.79 Å². The molecule has 3 rings (SSSR count). The number of aromatic amines is 1. The highest BCUT2D eigenvalue weighted by molar-refractivity contribution is 7.00. The number of nitrogens with zero attached hydrogens (tertiary/aromatic N) is 4. The van der Waals surface area contributed by atoms with Gasteiger partial charge in [-0.05, 0) is 24.6 Å². The van der Waals surface area contributed by atoms with Crippen LogP contribution in [0.3, 0.4) is 0 Å². The fourth-order valence-corrected chi connectivity index (χ4v) is 2.49. The maximum atomic E-state index is 12.2. The molecule has 2 heterocycles. The van der Waals surface area contributed by atoms with Gasteiger partial charge >= 0.3 is 0 Å². The number of benzene rings is 1. The summed E-state index contributed by atoms with van der Waals surface area (Å²) < 4.78 is 8.36. The molecular weight excluding hydrogens is 274 g/mol. The summed E-state index contributed by atoms with van der Waals surface area (Å²) in [5.41, 5.74) is 3.64. The largest absolute Gasteiger partial charge is 0.338 e. The van der Waals surface area contributed by atoms with Gasteiger partial charge in [-0.2, -0.15) is 8.75 Å². The summed E-state index contributed by atoms with van der Waals surface area (Å²) in [5.74, 6) is 0.232. The van der Waals surface area contributed by atoms with Gasteiger partial charge in [0.1, 0.15) is 11.0 Å². The van der Waals surface area contributed by atoms with Gasteiger partial charge in [-0.15, -0.1) is 0 Å². The smallest absolute Gasteiger partial charge is 0.289 e. The molecule has 0 unspecified atom stereocenters. The Kier molecular flexibility index (Phi) is 3.19. The Morgan fingerprint density at radius 1 is 1.35 bits per heavy atom. The number of H-pyrrole nitrogens is 1. The van der Waals surface area contributed by atoms with Gasteiger partial charge < -0.3 is 9.88 Å². The zero-order valence-electron chi connectivity index (χ0n) is 11.1. The van der Waals surface area contributed by atoms with Gasteiger partial charge in [-0.25, -0.2) is 4.98 Å². The topological polar surface area (TPSA) is 74.8 Å². The monoisotopic (exact) mass is 287 g/mol. The number of amides is 1. The Balaban J connectivity index is 1.77. The molecule has 0 radical (unpaired) electrons. The van der Waals surface area contributed by atoms with Crippen LogP contribution in [0.15, 0.2) is 24.4 Å². The zero-order chi connectivity index (χ0) is 14.1. The van der Waals surface area contributed by atoms with Crippen molar-refractivity contribution >= 4 is 28.7 Å². The minimum absolute atomic E-state index is 0.130. The molecule has 1 amide bonds. The summed E-state index contributed by atoms with van der Waals surface area (Å²) in [5, 5.41) is 0. The lowest BCUT2D eigenvalue weighted by Gasteiger charge is -2.15. The molecule has 0 atom stereocenters. The van der Waals surface area contributed by atoms with E-state index in [0.717, 1.165) is 22.3 Å². The third-order valence-electron chi connectivity index (χ3n) is 2.99. The van der Waals surface area contributed by atoms with Crippen LogP contribution in [-0.2, 0) is 6.54 Å². The van der Waals surface area contributed by atoms with Gasteiger partial charge in [-0.1, -0.05) is 6.07 Å². The van der Waals surface area contributed by atoms with E-state index in [-0.39, 0.29) is 5.91 Å². The molecule has 0 bridgehead atoms. The van der Waals surface area contributed by atoms with Crippen molar-refractivity contribution in [2.75, 3.05) is 7.05 Å². The number of hydrogen-bond acceptors (Lipinski definition) is 5. The molecular formula is C13H13N5OS. The lowest BCUT2D eigenvalue weighted by molar-refractivity contribution is 0.0774. The van der Waals surface area contributed by atoms with Crippen molar-refractivity contribution in [2.24, 2.45) is 0 Å². The average Bonchev–Trinajstić information content (AvgIpc) is 3.05. The Hall–Kier alpha value is -2.28. The normalized spacial score (nSPS) is 10.9. The number of imidazole rings is 1. The highest BCUT2D eigenvalue weighted by Gasteiger charge is 2.15. The lowest BCUT2D eigenvalue weighted by Crippen LogP contribution is -2.27. The summed E-state index contributed by atoms with van der Waals surface area (Å²) in [7, 11) is 1.75. The molecule has 7 heteroatoms. The van der Waals surface area contributed by atoms with E-state index in [1.54, 1.807) is 18.1 Å². The van der Waals surface area contributed by atoms with Gasteiger partial charge in [0, 0.05) is 25.5 Å². The number of carbonyl (C=O) groups is 1. The van der Waals surface area contributed by atoms with Crippen LogP contribution in [0.1, 0.15) is 21.9 Å². The molecule has 0 saturated carbocycles. The number of aryl methyl sites for hydroxylation is 1. The first kappa shape index (κ1) is 12.7. The molecule has 0 fully saturated rings. The van der Waals surface area contributed by atoms with Crippen molar-refractivity contribution < 1.29 is 4.79 Å². The van der Waals surface area contributed by atoms with E-state index in [1.807, 2.05) is 25.1 Å². The minimum Gasteiger partial charge on any atom is -0.338 e. The predicted octanol–water partition coefficient (Wildman–Crippen LogP) is 2.00. The molecule has 1 aromatic carbocycles. The average molecular weight is 287 g/mol. The van der Waals surface area contributed by atoms with Crippen molar-refractivity contribution in [1.29, 1.82) is 0 Å². The Bertz CT molecular complexity index is 763. The molecule has 2 aromatic heterocycles. The summed E-state index contributed by atoms with van der Waals surface area (Å²) >= 11 is 1.19. The van der Waals surface area contributed by atoms with E-state index >= 15 is 0 Å². The quantitative estimate of drug-likeness (QED) is 0.799. The van der Waals surface area contributed by atoms with Crippen LogP contribution < -0.4 is 0 Å². The van der Waals surface area contributed by atoms with Crippen molar-refractivity contribution in [1.82, 2.24) is 23.6 Å².